The normalized spacial score (nSPS) is 20.9. The second-order valence-corrected chi connectivity index (χ2v) is 8.46. The van der Waals surface area contributed by atoms with E-state index < -0.39 is 0 Å². The van der Waals surface area contributed by atoms with Gasteiger partial charge in [0.05, 0.1) is 12.6 Å². The Balaban J connectivity index is 1.62. The van der Waals surface area contributed by atoms with Crippen molar-refractivity contribution in [3.05, 3.63) is 41.6 Å². The van der Waals surface area contributed by atoms with Gasteiger partial charge in [0.1, 0.15) is 0 Å². The van der Waals surface area contributed by atoms with Gasteiger partial charge in [0.15, 0.2) is 0 Å². The number of benzene rings is 1. The Morgan fingerprint density at radius 1 is 1.19 bits per heavy atom. The van der Waals surface area contributed by atoms with Gasteiger partial charge in [0, 0.05) is 17.9 Å². The average molecular weight is 370 g/mol. The highest BCUT2D eigenvalue weighted by Gasteiger charge is 2.31. The third kappa shape index (κ3) is 4.92. The van der Waals surface area contributed by atoms with E-state index in [4.69, 9.17) is 0 Å². The zero-order valence-corrected chi connectivity index (χ0v) is 17.3. The van der Waals surface area contributed by atoms with Crippen molar-refractivity contribution in [3.8, 4) is 0 Å². The first-order valence-electron chi connectivity index (χ1n) is 10.5. The molecule has 2 saturated heterocycles. The number of hydrogen-bond donors (Lipinski definition) is 1. The summed E-state index contributed by atoms with van der Waals surface area (Å²) < 4.78 is 0. The van der Waals surface area contributed by atoms with Crippen LogP contribution in [0.15, 0.2) is 30.5 Å². The van der Waals surface area contributed by atoms with Crippen LogP contribution in [0.1, 0.15) is 63.0 Å². The van der Waals surface area contributed by atoms with Crippen molar-refractivity contribution < 1.29 is 4.79 Å². The Morgan fingerprint density at radius 2 is 1.93 bits per heavy atom. The third-order valence-corrected chi connectivity index (χ3v) is 6.00. The molecule has 2 fully saturated rings. The highest BCUT2D eigenvalue weighted by molar-refractivity contribution is 5.79. The summed E-state index contributed by atoms with van der Waals surface area (Å²) in [5.41, 5.74) is 4.62. The zero-order valence-electron chi connectivity index (χ0n) is 17.3. The molecule has 4 nitrogen and oxygen atoms in total. The van der Waals surface area contributed by atoms with Crippen LogP contribution in [-0.4, -0.2) is 47.9 Å². The number of aryl methyl sites for hydroxylation is 1. The molecule has 3 rings (SSSR count). The first-order chi connectivity index (χ1) is 13.0. The van der Waals surface area contributed by atoms with Crippen molar-refractivity contribution in [3.63, 3.8) is 0 Å². The summed E-state index contributed by atoms with van der Waals surface area (Å²) in [7, 11) is 0. The van der Waals surface area contributed by atoms with Crippen molar-refractivity contribution in [2.75, 3.05) is 31.5 Å². The van der Waals surface area contributed by atoms with Crippen molar-refractivity contribution in [2.24, 2.45) is 0 Å². The van der Waals surface area contributed by atoms with Crippen LogP contribution in [0.2, 0.25) is 0 Å². The first kappa shape index (κ1) is 19.9. The van der Waals surface area contributed by atoms with Gasteiger partial charge in [-0.05, 0) is 68.8 Å². The summed E-state index contributed by atoms with van der Waals surface area (Å²) in [6, 6.07) is 6.67. The van der Waals surface area contributed by atoms with Crippen LogP contribution in [0, 0.1) is 6.92 Å². The number of rotatable bonds is 6. The minimum Gasteiger partial charge on any atom is -0.357 e. The van der Waals surface area contributed by atoms with Crippen molar-refractivity contribution in [1.82, 2.24) is 9.80 Å². The Kier molecular flexibility index (Phi) is 6.59. The van der Waals surface area contributed by atoms with Crippen LogP contribution in [-0.2, 0) is 4.79 Å². The van der Waals surface area contributed by atoms with Gasteiger partial charge in [0.2, 0.25) is 5.91 Å². The number of anilines is 1. The standard InChI is InChI=1S/C23H35N3O/c1-17(2)20-10-11-21(18(3)15-20)24-19(4)22-9-8-14-26(22)23(27)16-25-12-6-5-7-13-25/h10-11,15,17,22,24H,4-9,12-14,16H2,1-3H3/t22-/m0/s1. The molecule has 4 heteroatoms. The van der Waals surface area contributed by atoms with Gasteiger partial charge < -0.3 is 10.2 Å². The van der Waals surface area contributed by atoms with Crippen molar-refractivity contribution in [1.29, 1.82) is 0 Å². The second-order valence-electron chi connectivity index (χ2n) is 8.46. The largest absolute Gasteiger partial charge is 0.357 e. The quantitative estimate of drug-likeness (QED) is 0.801. The number of amides is 1. The van der Waals surface area contributed by atoms with Gasteiger partial charge in [-0.25, -0.2) is 0 Å². The number of carbonyl (C=O) groups is 1. The zero-order chi connectivity index (χ0) is 19.4. The van der Waals surface area contributed by atoms with E-state index >= 15 is 0 Å². The third-order valence-electron chi connectivity index (χ3n) is 6.00. The van der Waals surface area contributed by atoms with Gasteiger partial charge in [-0.1, -0.05) is 39.0 Å². The lowest BCUT2D eigenvalue weighted by Gasteiger charge is -2.31. The maximum absolute atomic E-state index is 12.9. The average Bonchev–Trinajstić information content (AvgIpc) is 3.14. The Labute approximate surface area is 164 Å². The molecule has 0 unspecified atom stereocenters. The topological polar surface area (TPSA) is 35.6 Å². The van der Waals surface area contributed by atoms with E-state index in [1.165, 1.54) is 30.4 Å². The van der Waals surface area contributed by atoms with Crippen molar-refractivity contribution >= 4 is 11.6 Å². The molecular weight excluding hydrogens is 334 g/mol. The van der Waals surface area contributed by atoms with Crippen LogP contribution in [0.5, 0.6) is 0 Å². The summed E-state index contributed by atoms with van der Waals surface area (Å²) in [6.45, 7) is 14.4. The minimum atomic E-state index is 0.103. The Bertz CT molecular complexity index is 676. The van der Waals surface area contributed by atoms with E-state index in [2.05, 4.69) is 55.8 Å². The van der Waals surface area contributed by atoms with E-state index in [1.54, 1.807) is 0 Å². The van der Waals surface area contributed by atoms with E-state index in [-0.39, 0.29) is 11.9 Å². The van der Waals surface area contributed by atoms with Crippen molar-refractivity contribution in [2.45, 2.75) is 64.8 Å². The molecule has 0 saturated carbocycles. The molecular formula is C23H35N3O. The number of hydrogen-bond acceptors (Lipinski definition) is 3. The molecule has 0 aliphatic carbocycles. The molecule has 148 valence electrons. The molecule has 1 atom stereocenters. The summed E-state index contributed by atoms with van der Waals surface area (Å²) in [5.74, 6) is 0.785. The van der Waals surface area contributed by atoms with E-state index in [0.717, 1.165) is 43.9 Å². The fraction of sp³-hybridized carbons (Fsp3) is 0.609. The van der Waals surface area contributed by atoms with Crippen LogP contribution >= 0.6 is 0 Å². The Hall–Kier alpha value is -1.81. The molecule has 0 spiro atoms. The smallest absolute Gasteiger partial charge is 0.237 e. The lowest BCUT2D eigenvalue weighted by Crippen LogP contribution is -2.45. The maximum atomic E-state index is 12.9. The molecule has 1 amide bonds. The Morgan fingerprint density at radius 3 is 2.59 bits per heavy atom. The second kappa shape index (κ2) is 8.92. The SMILES string of the molecule is C=C(Nc1ccc(C(C)C)cc1C)[C@@H]1CCCN1C(=O)CN1CCCCC1. The highest BCUT2D eigenvalue weighted by Crippen LogP contribution is 2.27. The molecule has 2 aliphatic rings. The predicted octanol–water partition coefficient (Wildman–Crippen LogP) is 4.52. The number of nitrogens with zero attached hydrogens (tertiary/aromatic N) is 2. The lowest BCUT2D eigenvalue weighted by molar-refractivity contribution is -0.132. The molecule has 0 bridgehead atoms. The van der Waals surface area contributed by atoms with Crippen LogP contribution in [0.3, 0.4) is 0 Å². The molecule has 2 heterocycles. The molecule has 1 aromatic carbocycles. The fourth-order valence-corrected chi connectivity index (χ4v) is 4.27. The van der Waals surface area contributed by atoms with E-state index in [0.29, 0.717) is 12.5 Å². The fourth-order valence-electron chi connectivity index (χ4n) is 4.27. The number of nitrogens with one attached hydrogen (secondary N) is 1. The highest BCUT2D eigenvalue weighted by atomic mass is 16.2. The first-order valence-corrected chi connectivity index (χ1v) is 10.5. The molecule has 2 aliphatic heterocycles. The predicted molar refractivity (Wildman–Crippen MR) is 113 cm³/mol. The lowest BCUT2D eigenvalue weighted by atomic mass is 10.00. The van der Waals surface area contributed by atoms with Gasteiger partial charge in [0.25, 0.3) is 0 Å². The number of piperidine rings is 1. The summed E-state index contributed by atoms with van der Waals surface area (Å²) in [4.78, 5) is 17.2. The number of likely N-dealkylation sites (tertiary alicyclic amines) is 2. The number of carbonyl (C=O) groups excluding carboxylic acids is 1. The summed E-state index contributed by atoms with van der Waals surface area (Å²) in [5, 5.41) is 3.50. The molecule has 27 heavy (non-hydrogen) atoms. The van der Waals surface area contributed by atoms with Crippen LogP contribution in [0.25, 0.3) is 0 Å². The molecule has 1 N–H and O–H groups in total. The molecule has 1 aromatic rings. The minimum absolute atomic E-state index is 0.103. The maximum Gasteiger partial charge on any atom is 0.237 e. The summed E-state index contributed by atoms with van der Waals surface area (Å²) >= 11 is 0. The van der Waals surface area contributed by atoms with Gasteiger partial charge in [-0.3, -0.25) is 9.69 Å². The van der Waals surface area contributed by atoms with E-state index in [9.17, 15) is 4.79 Å². The van der Waals surface area contributed by atoms with Crippen LogP contribution < -0.4 is 5.32 Å². The molecule has 0 aromatic heterocycles. The van der Waals surface area contributed by atoms with Gasteiger partial charge in [-0.2, -0.15) is 0 Å². The summed E-state index contributed by atoms with van der Waals surface area (Å²) in [6.07, 6.45) is 5.79. The van der Waals surface area contributed by atoms with Gasteiger partial charge in [-0.15, -0.1) is 0 Å². The molecule has 0 radical (unpaired) electrons. The monoisotopic (exact) mass is 369 g/mol. The van der Waals surface area contributed by atoms with Gasteiger partial charge >= 0.3 is 0 Å². The van der Waals surface area contributed by atoms with E-state index in [1.807, 2.05) is 4.90 Å². The van der Waals surface area contributed by atoms with Crippen LogP contribution in [0.4, 0.5) is 5.69 Å².